The molecule has 0 radical (unpaired) electrons. The fraction of sp³-hybridized carbons (Fsp3) is 0.368. The predicted octanol–water partition coefficient (Wildman–Crippen LogP) is 4.21. The van der Waals surface area contributed by atoms with Gasteiger partial charge in [-0.3, -0.25) is 0 Å². The topological polar surface area (TPSA) is 12.0 Å². The Morgan fingerprint density at radius 3 is 2.14 bits per heavy atom. The maximum Gasteiger partial charge on any atom is 0.204 e. The monoisotopic (exact) mass is 313 g/mol. The van der Waals surface area contributed by atoms with Crippen molar-refractivity contribution in [3.8, 4) is 0 Å². The smallest absolute Gasteiger partial charge is 0.204 e. The molecule has 0 amide bonds. The van der Waals surface area contributed by atoms with Gasteiger partial charge in [0.05, 0.1) is 0 Å². The SMILES string of the molecule is CCC1(Cl)C(c2ccccc2)C[N+]12NCC2c1ccccc1. The van der Waals surface area contributed by atoms with Crippen LogP contribution in [0.25, 0.3) is 0 Å². The Bertz CT molecular complexity index is 614. The molecule has 2 aliphatic rings. The molecular weight excluding hydrogens is 292 g/mol. The lowest BCUT2D eigenvalue weighted by Gasteiger charge is -2.69. The second kappa shape index (κ2) is 5.09. The minimum absolute atomic E-state index is 0.250. The van der Waals surface area contributed by atoms with Gasteiger partial charge in [-0.1, -0.05) is 79.2 Å². The summed E-state index contributed by atoms with van der Waals surface area (Å²) in [6.07, 6.45) is 0.963. The zero-order chi connectivity index (χ0) is 15.2. The number of nitrogens with zero attached hydrogens (tertiary/aromatic N) is 1. The Morgan fingerprint density at radius 2 is 1.64 bits per heavy atom. The molecule has 22 heavy (non-hydrogen) atoms. The molecule has 2 heterocycles. The molecule has 4 unspecified atom stereocenters. The molecule has 0 bridgehead atoms. The highest BCUT2D eigenvalue weighted by molar-refractivity contribution is 6.24. The third-order valence-corrected chi connectivity index (χ3v) is 6.48. The first-order valence-electron chi connectivity index (χ1n) is 8.13. The molecule has 3 heteroatoms. The van der Waals surface area contributed by atoms with Crippen molar-refractivity contribution < 1.29 is 4.59 Å². The van der Waals surface area contributed by atoms with E-state index in [9.17, 15) is 0 Å². The molecule has 2 aromatic rings. The number of nitrogens with one attached hydrogen (secondary N) is 1. The van der Waals surface area contributed by atoms with Gasteiger partial charge in [0, 0.05) is 12.0 Å². The number of alkyl halides is 1. The predicted molar refractivity (Wildman–Crippen MR) is 90.4 cm³/mol. The van der Waals surface area contributed by atoms with Gasteiger partial charge in [0.1, 0.15) is 19.0 Å². The molecule has 114 valence electrons. The molecule has 2 saturated heterocycles. The summed E-state index contributed by atoms with van der Waals surface area (Å²) in [6.45, 7) is 4.30. The third-order valence-electron chi connectivity index (χ3n) is 5.65. The number of halogens is 1. The highest BCUT2D eigenvalue weighted by Gasteiger charge is 2.73. The molecule has 4 atom stereocenters. The first-order chi connectivity index (χ1) is 10.7. The lowest BCUT2D eigenvalue weighted by Crippen LogP contribution is -2.88. The second-order valence-electron chi connectivity index (χ2n) is 6.48. The van der Waals surface area contributed by atoms with Crippen molar-refractivity contribution in [1.29, 1.82) is 0 Å². The normalized spacial score (nSPS) is 36.6. The lowest BCUT2D eigenvalue weighted by molar-refractivity contribution is -1.10. The maximum atomic E-state index is 7.21. The molecule has 1 N–H and O–H groups in total. The molecule has 0 saturated carbocycles. The van der Waals surface area contributed by atoms with Crippen molar-refractivity contribution >= 4 is 11.6 Å². The van der Waals surface area contributed by atoms with Crippen LogP contribution in [0.4, 0.5) is 0 Å². The number of quaternary nitrogens is 1. The van der Waals surface area contributed by atoms with E-state index in [1.54, 1.807) is 0 Å². The highest BCUT2D eigenvalue weighted by atomic mass is 35.5. The van der Waals surface area contributed by atoms with Gasteiger partial charge in [0.15, 0.2) is 6.04 Å². The van der Waals surface area contributed by atoms with Crippen LogP contribution >= 0.6 is 11.6 Å². The molecule has 2 fully saturated rings. The summed E-state index contributed by atoms with van der Waals surface area (Å²) in [5.74, 6) is 0.416. The highest BCUT2D eigenvalue weighted by Crippen LogP contribution is 2.60. The van der Waals surface area contributed by atoms with Gasteiger partial charge in [0.2, 0.25) is 5.00 Å². The van der Waals surface area contributed by atoms with E-state index in [1.807, 2.05) is 0 Å². The van der Waals surface area contributed by atoms with E-state index in [4.69, 9.17) is 11.6 Å². The summed E-state index contributed by atoms with van der Waals surface area (Å²) in [5.41, 5.74) is 6.41. The van der Waals surface area contributed by atoms with Crippen LogP contribution in [0.2, 0.25) is 0 Å². The standard InChI is InChI=1S/C19H22ClN2/c1-2-19(20)17(15-9-5-3-6-10-15)14-22(19)18(13-21-22)16-11-7-4-8-12-16/h3-12,17-18,21H,2,13-14H2,1H3/q+1. The molecule has 1 spiro atoms. The Balaban J connectivity index is 1.67. The maximum absolute atomic E-state index is 7.21. The molecule has 0 aromatic heterocycles. The quantitative estimate of drug-likeness (QED) is 0.508. The summed E-state index contributed by atoms with van der Waals surface area (Å²) >= 11 is 7.21. The zero-order valence-corrected chi connectivity index (χ0v) is 13.6. The Kier molecular flexibility index (Phi) is 3.30. The summed E-state index contributed by atoms with van der Waals surface area (Å²) in [5, 5.41) is 0. The van der Waals surface area contributed by atoms with E-state index in [1.165, 1.54) is 11.1 Å². The van der Waals surface area contributed by atoms with Crippen molar-refractivity contribution in [2.45, 2.75) is 30.3 Å². The van der Waals surface area contributed by atoms with E-state index >= 15 is 0 Å². The minimum atomic E-state index is -0.250. The van der Waals surface area contributed by atoms with Crippen molar-refractivity contribution in [3.05, 3.63) is 71.8 Å². The molecule has 2 nitrogen and oxygen atoms in total. The van der Waals surface area contributed by atoms with Gasteiger partial charge >= 0.3 is 0 Å². The number of benzene rings is 2. The Labute approximate surface area is 137 Å². The first kappa shape index (κ1) is 14.3. The van der Waals surface area contributed by atoms with Crippen LogP contribution in [0.15, 0.2) is 60.7 Å². The van der Waals surface area contributed by atoms with Crippen LogP contribution in [-0.2, 0) is 0 Å². The minimum Gasteiger partial charge on any atom is -0.219 e. The van der Waals surface area contributed by atoms with Crippen molar-refractivity contribution in [2.75, 3.05) is 13.1 Å². The molecule has 2 aromatic carbocycles. The van der Waals surface area contributed by atoms with Crippen LogP contribution in [0.3, 0.4) is 0 Å². The molecule has 0 aliphatic carbocycles. The molecular formula is C19H22ClN2+. The van der Waals surface area contributed by atoms with Crippen molar-refractivity contribution in [3.63, 3.8) is 0 Å². The van der Waals surface area contributed by atoms with Crippen LogP contribution in [0.1, 0.15) is 36.4 Å². The van der Waals surface area contributed by atoms with E-state index in [0.717, 1.165) is 24.1 Å². The number of rotatable bonds is 3. The third kappa shape index (κ3) is 1.75. The first-order valence-corrected chi connectivity index (χ1v) is 8.51. The summed E-state index contributed by atoms with van der Waals surface area (Å²) in [7, 11) is 0. The second-order valence-corrected chi connectivity index (χ2v) is 7.13. The van der Waals surface area contributed by atoms with Crippen molar-refractivity contribution in [2.24, 2.45) is 0 Å². The zero-order valence-electron chi connectivity index (χ0n) is 12.9. The Morgan fingerprint density at radius 1 is 1.05 bits per heavy atom. The summed E-state index contributed by atoms with van der Waals surface area (Å²) in [4.78, 5) is -0.250. The largest absolute Gasteiger partial charge is 0.219 e. The average molecular weight is 314 g/mol. The van der Waals surface area contributed by atoms with Gasteiger partial charge in [-0.2, -0.15) is 5.43 Å². The van der Waals surface area contributed by atoms with E-state index in [0.29, 0.717) is 12.0 Å². The number of hydrogen-bond acceptors (Lipinski definition) is 1. The fourth-order valence-electron chi connectivity index (χ4n) is 4.35. The van der Waals surface area contributed by atoms with E-state index in [2.05, 4.69) is 73.0 Å². The number of hydrogen-bond donors (Lipinski definition) is 1. The van der Waals surface area contributed by atoms with Gasteiger partial charge in [-0.15, -0.1) is 0 Å². The van der Waals surface area contributed by atoms with Gasteiger partial charge < -0.3 is 0 Å². The van der Waals surface area contributed by atoms with E-state index < -0.39 is 0 Å². The lowest BCUT2D eigenvalue weighted by atomic mass is 9.75. The molecule has 4 rings (SSSR count). The molecule has 2 aliphatic heterocycles. The van der Waals surface area contributed by atoms with Crippen LogP contribution < -0.4 is 5.43 Å². The van der Waals surface area contributed by atoms with Crippen LogP contribution in [0.5, 0.6) is 0 Å². The van der Waals surface area contributed by atoms with Crippen LogP contribution in [-0.4, -0.2) is 22.7 Å². The summed E-state index contributed by atoms with van der Waals surface area (Å²) < 4.78 is 0.828. The Hall–Kier alpha value is -1.35. The van der Waals surface area contributed by atoms with E-state index in [-0.39, 0.29) is 5.00 Å². The van der Waals surface area contributed by atoms with Gasteiger partial charge in [-0.25, -0.2) is 4.59 Å². The summed E-state index contributed by atoms with van der Waals surface area (Å²) in [6, 6.07) is 22.0. The van der Waals surface area contributed by atoms with Crippen LogP contribution in [0, 0.1) is 0 Å². The van der Waals surface area contributed by atoms with Gasteiger partial charge in [-0.05, 0) is 5.56 Å². The average Bonchev–Trinajstić information content (AvgIpc) is 2.54. The fourth-order valence-corrected chi connectivity index (χ4v) is 4.79. The van der Waals surface area contributed by atoms with Gasteiger partial charge in [0.25, 0.3) is 0 Å². The van der Waals surface area contributed by atoms with Crippen molar-refractivity contribution in [1.82, 2.24) is 5.43 Å².